The van der Waals surface area contributed by atoms with E-state index in [1.165, 1.54) is 21.7 Å². The first kappa shape index (κ1) is 17.7. The molecular formula is C17H32N2S. The number of hydrogen-bond donors (Lipinski definition) is 1. The van der Waals surface area contributed by atoms with Gasteiger partial charge in [0.1, 0.15) is 0 Å². The topological polar surface area (TPSA) is 15.3 Å². The predicted molar refractivity (Wildman–Crippen MR) is 91.5 cm³/mol. The fraction of sp³-hybridized carbons (Fsp3) is 0.765. The zero-order chi connectivity index (χ0) is 15.6. The molecule has 0 aliphatic rings. The van der Waals surface area contributed by atoms with Gasteiger partial charge in [0.2, 0.25) is 0 Å². The van der Waals surface area contributed by atoms with Crippen LogP contribution in [0.4, 0.5) is 0 Å². The molecule has 1 rings (SSSR count). The molecule has 1 heterocycles. The Morgan fingerprint density at radius 2 is 1.80 bits per heavy atom. The summed E-state index contributed by atoms with van der Waals surface area (Å²) in [5.41, 5.74) is 1.92. The van der Waals surface area contributed by atoms with Crippen molar-refractivity contribution >= 4 is 11.3 Å². The minimum atomic E-state index is 0.180. The monoisotopic (exact) mass is 296 g/mol. The summed E-state index contributed by atoms with van der Waals surface area (Å²) in [7, 11) is 2.23. The summed E-state index contributed by atoms with van der Waals surface area (Å²) in [6, 6.07) is 2.38. The van der Waals surface area contributed by atoms with Crippen LogP contribution < -0.4 is 5.32 Å². The molecule has 0 radical (unpaired) electrons. The first-order chi connectivity index (χ1) is 9.05. The lowest BCUT2D eigenvalue weighted by atomic mass is 9.99. The molecule has 3 heteroatoms. The van der Waals surface area contributed by atoms with Crippen LogP contribution in [0.5, 0.6) is 0 Å². The van der Waals surface area contributed by atoms with Gasteiger partial charge in [0.25, 0.3) is 0 Å². The Hall–Kier alpha value is -0.380. The molecule has 0 amide bonds. The van der Waals surface area contributed by atoms with Crippen LogP contribution in [0.15, 0.2) is 6.07 Å². The van der Waals surface area contributed by atoms with E-state index in [1.807, 2.05) is 11.3 Å². The van der Waals surface area contributed by atoms with E-state index < -0.39 is 0 Å². The maximum absolute atomic E-state index is 3.57. The van der Waals surface area contributed by atoms with Gasteiger partial charge in [-0.3, -0.25) is 4.90 Å². The lowest BCUT2D eigenvalue weighted by Gasteiger charge is -2.34. The molecule has 0 aliphatic carbocycles. The summed E-state index contributed by atoms with van der Waals surface area (Å²) in [6.45, 7) is 17.8. The van der Waals surface area contributed by atoms with Gasteiger partial charge < -0.3 is 5.32 Å². The van der Waals surface area contributed by atoms with E-state index in [-0.39, 0.29) is 11.1 Å². The summed E-state index contributed by atoms with van der Waals surface area (Å²) in [4.78, 5) is 5.35. The van der Waals surface area contributed by atoms with Gasteiger partial charge in [-0.1, -0.05) is 6.92 Å². The molecule has 1 aromatic rings. The lowest BCUT2D eigenvalue weighted by molar-refractivity contribution is 0.143. The molecule has 20 heavy (non-hydrogen) atoms. The molecule has 1 aromatic heterocycles. The molecule has 0 saturated heterocycles. The number of thiophene rings is 1. The quantitative estimate of drug-likeness (QED) is 0.827. The molecule has 0 fully saturated rings. The second kappa shape index (κ2) is 6.59. The van der Waals surface area contributed by atoms with Gasteiger partial charge in [0, 0.05) is 33.9 Å². The molecule has 0 spiro atoms. The highest BCUT2D eigenvalue weighted by atomic mass is 32.1. The maximum Gasteiger partial charge on any atom is 0.0304 e. The molecule has 0 bridgehead atoms. The van der Waals surface area contributed by atoms with Crippen molar-refractivity contribution in [3.8, 4) is 0 Å². The van der Waals surface area contributed by atoms with Gasteiger partial charge in [-0.15, -0.1) is 11.3 Å². The van der Waals surface area contributed by atoms with E-state index in [9.17, 15) is 0 Å². The molecule has 1 N–H and O–H groups in total. The normalized spacial score (nSPS) is 13.2. The van der Waals surface area contributed by atoms with Gasteiger partial charge in [0.15, 0.2) is 0 Å². The number of nitrogens with one attached hydrogen (secondary N) is 1. The highest BCUT2D eigenvalue weighted by Crippen LogP contribution is 2.26. The molecule has 2 nitrogen and oxygen atoms in total. The van der Waals surface area contributed by atoms with Gasteiger partial charge in [0.05, 0.1) is 0 Å². The fourth-order valence-electron chi connectivity index (χ4n) is 1.92. The van der Waals surface area contributed by atoms with Crippen LogP contribution in [0.2, 0.25) is 0 Å². The van der Waals surface area contributed by atoms with Crippen molar-refractivity contribution in [3.63, 3.8) is 0 Å². The summed E-state index contributed by atoms with van der Waals surface area (Å²) < 4.78 is 0. The Kier molecular flexibility index (Phi) is 5.82. The predicted octanol–water partition coefficient (Wildman–Crippen LogP) is 4.57. The summed E-state index contributed by atoms with van der Waals surface area (Å²) in [5.74, 6) is 0. The van der Waals surface area contributed by atoms with Gasteiger partial charge in [-0.25, -0.2) is 0 Å². The summed E-state index contributed by atoms with van der Waals surface area (Å²) >= 11 is 1.93. The average Bonchev–Trinajstić information content (AvgIpc) is 2.67. The third-order valence-corrected chi connectivity index (χ3v) is 5.26. The molecule has 0 unspecified atom stereocenters. The highest BCUT2D eigenvalue weighted by molar-refractivity contribution is 7.12. The van der Waals surface area contributed by atoms with Gasteiger partial charge in [-0.05, 0) is 66.6 Å². The average molecular weight is 297 g/mol. The van der Waals surface area contributed by atoms with Crippen LogP contribution >= 0.6 is 11.3 Å². The summed E-state index contributed by atoms with van der Waals surface area (Å²) in [6.07, 6.45) is 1.17. The van der Waals surface area contributed by atoms with E-state index >= 15 is 0 Å². The van der Waals surface area contributed by atoms with Crippen LogP contribution in [-0.4, -0.2) is 23.0 Å². The largest absolute Gasteiger partial charge is 0.307 e. The van der Waals surface area contributed by atoms with Crippen molar-refractivity contribution in [1.82, 2.24) is 10.2 Å². The number of nitrogens with zero attached hydrogens (tertiary/aromatic N) is 1. The van der Waals surface area contributed by atoms with Crippen LogP contribution in [0.25, 0.3) is 0 Å². The smallest absolute Gasteiger partial charge is 0.0304 e. The Labute approximate surface area is 129 Å². The Balaban J connectivity index is 2.71. The fourth-order valence-corrected chi connectivity index (χ4v) is 2.92. The third-order valence-electron chi connectivity index (χ3n) is 4.17. The van der Waals surface area contributed by atoms with Crippen molar-refractivity contribution in [2.75, 3.05) is 7.05 Å². The zero-order valence-electron chi connectivity index (χ0n) is 14.6. The Bertz CT molecular complexity index is 427. The van der Waals surface area contributed by atoms with Crippen LogP contribution in [0, 0.1) is 6.92 Å². The number of aryl methyl sites for hydroxylation is 1. The van der Waals surface area contributed by atoms with Gasteiger partial charge >= 0.3 is 0 Å². The molecule has 0 saturated carbocycles. The SMILES string of the molecule is CCC(C)(C)N(C)Cc1cc(CNC(C)(C)C)sc1C. The highest BCUT2D eigenvalue weighted by Gasteiger charge is 2.22. The minimum Gasteiger partial charge on any atom is -0.307 e. The van der Waals surface area contributed by atoms with E-state index in [0.717, 1.165) is 13.1 Å². The summed E-state index contributed by atoms with van der Waals surface area (Å²) in [5, 5.41) is 3.57. The third kappa shape index (κ3) is 5.19. The van der Waals surface area contributed by atoms with Crippen molar-refractivity contribution in [3.05, 3.63) is 21.4 Å². The first-order valence-corrected chi connectivity index (χ1v) is 8.41. The maximum atomic E-state index is 3.57. The minimum absolute atomic E-state index is 0.180. The lowest BCUT2D eigenvalue weighted by Crippen LogP contribution is -2.39. The van der Waals surface area contributed by atoms with Crippen molar-refractivity contribution < 1.29 is 0 Å². The van der Waals surface area contributed by atoms with Crippen LogP contribution in [0.3, 0.4) is 0 Å². The van der Waals surface area contributed by atoms with Gasteiger partial charge in [-0.2, -0.15) is 0 Å². The molecular weight excluding hydrogens is 264 g/mol. The first-order valence-electron chi connectivity index (χ1n) is 7.59. The van der Waals surface area contributed by atoms with Crippen LogP contribution in [-0.2, 0) is 13.1 Å². The van der Waals surface area contributed by atoms with E-state index in [0.29, 0.717) is 0 Å². The van der Waals surface area contributed by atoms with Crippen LogP contribution in [0.1, 0.15) is 63.3 Å². The van der Waals surface area contributed by atoms with E-state index in [2.05, 4.69) is 71.8 Å². The van der Waals surface area contributed by atoms with Crippen molar-refractivity contribution in [2.45, 2.75) is 79.1 Å². The second-order valence-electron chi connectivity index (χ2n) is 7.42. The molecule has 0 aromatic carbocycles. The molecule has 0 aliphatic heterocycles. The number of rotatable bonds is 6. The van der Waals surface area contributed by atoms with E-state index in [1.54, 1.807) is 0 Å². The van der Waals surface area contributed by atoms with E-state index in [4.69, 9.17) is 0 Å². The number of hydrogen-bond acceptors (Lipinski definition) is 3. The Morgan fingerprint density at radius 3 is 2.30 bits per heavy atom. The zero-order valence-corrected chi connectivity index (χ0v) is 15.4. The molecule has 116 valence electrons. The van der Waals surface area contributed by atoms with Crippen molar-refractivity contribution in [2.24, 2.45) is 0 Å². The van der Waals surface area contributed by atoms with Crippen molar-refractivity contribution in [1.29, 1.82) is 0 Å². The molecule has 0 atom stereocenters. The Morgan fingerprint density at radius 1 is 1.20 bits per heavy atom. The second-order valence-corrected chi connectivity index (χ2v) is 8.76. The standard InChI is InChI=1S/C17H32N2S/c1-9-17(6,7)19(8)12-14-10-15(20-13(14)2)11-18-16(3,4)5/h10,18H,9,11-12H2,1-8H3.